The minimum Gasteiger partial charge on any atom is -0.255 e. The molecule has 4 nitrogen and oxygen atoms in total. The number of hydrogen-bond donors (Lipinski definition) is 0. The van der Waals surface area contributed by atoms with Crippen molar-refractivity contribution in [2.75, 3.05) is 0 Å². The zero-order valence-electron chi connectivity index (χ0n) is 56.8. The number of pyridine rings is 1. The summed E-state index contributed by atoms with van der Waals surface area (Å²) in [6.45, 7) is -18.6. The van der Waals surface area contributed by atoms with Gasteiger partial charge in [0, 0.05) is 50.4 Å². The van der Waals surface area contributed by atoms with Gasteiger partial charge in [0.05, 0.1) is 5.69 Å². The summed E-state index contributed by atoms with van der Waals surface area (Å²) >= 11 is 0. The van der Waals surface area contributed by atoms with E-state index in [0.717, 1.165) is 78.9 Å². The number of aryl methyl sites for hydroxylation is 1. The fourth-order valence-corrected chi connectivity index (χ4v) is 9.98. The van der Waals surface area contributed by atoms with Crippen molar-refractivity contribution in [2.24, 2.45) is 5.41 Å². The highest BCUT2D eigenvalue weighted by Crippen LogP contribution is 2.58. The van der Waals surface area contributed by atoms with E-state index >= 15 is 0 Å². The van der Waals surface area contributed by atoms with Crippen LogP contribution in [0.1, 0.15) is 78.8 Å². The standard InChI is InChI=1S/C71H58N4/c1-46-35-66(54-33-34-65-63(44-54)47(2)70(3,4)71(65,5)6)72-45-64(46)69-74-67(55-31-19-29-52(36-55)61-40-57(48-21-11-7-12-22-48)38-58(41-61)49-23-13-8-14-24-49)73-68(75-69)56-32-20-30-53(37-56)62-42-59(50-25-15-9-16-26-50)39-60(43-62)51-27-17-10-18-28-51/h7-45,47H,1-6H3/i2D3,3D3,4D3,5D3,6D3,47D. The number of nitrogens with zero attached hydrogens (tertiary/aromatic N) is 4. The van der Waals surface area contributed by atoms with E-state index < -0.39 is 62.1 Å². The molecule has 1 unspecified atom stereocenters. The molecule has 4 heteroatoms. The number of aromatic nitrogens is 4. The molecule has 0 amide bonds. The van der Waals surface area contributed by atoms with Crippen LogP contribution in [0.15, 0.2) is 237 Å². The molecule has 0 saturated heterocycles. The van der Waals surface area contributed by atoms with Crippen molar-refractivity contribution < 1.29 is 21.9 Å². The maximum Gasteiger partial charge on any atom is 0.165 e. The summed E-state index contributed by atoms with van der Waals surface area (Å²) in [4.78, 5) is 20.3. The van der Waals surface area contributed by atoms with Crippen LogP contribution in [0, 0.1) is 12.3 Å². The number of hydrogen-bond acceptors (Lipinski definition) is 4. The van der Waals surface area contributed by atoms with E-state index in [-0.39, 0.29) is 17.1 Å². The molecule has 12 rings (SSSR count). The molecule has 0 bridgehead atoms. The number of benzene rings is 9. The van der Waals surface area contributed by atoms with E-state index in [1.54, 1.807) is 13.0 Å². The van der Waals surface area contributed by atoms with Crippen molar-refractivity contribution in [3.63, 3.8) is 0 Å². The van der Waals surface area contributed by atoms with Crippen molar-refractivity contribution in [3.05, 3.63) is 253 Å². The van der Waals surface area contributed by atoms with Crippen LogP contribution in [-0.2, 0) is 5.41 Å². The highest BCUT2D eigenvalue weighted by Gasteiger charge is 2.50. The van der Waals surface area contributed by atoms with Crippen molar-refractivity contribution >= 4 is 0 Å². The molecular weight excluding hydrogens is 909 g/mol. The Kier molecular flexibility index (Phi) is 8.28. The summed E-state index contributed by atoms with van der Waals surface area (Å²) in [6, 6.07) is 74.3. The van der Waals surface area contributed by atoms with Crippen molar-refractivity contribution in [1.29, 1.82) is 0 Å². The van der Waals surface area contributed by atoms with Gasteiger partial charge in [-0.05, 0) is 168 Å². The fraction of sp³-hybridized carbons (Fsp3) is 0.127. The van der Waals surface area contributed by atoms with Gasteiger partial charge in [0.25, 0.3) is 0 Å². The smallest absolute Gasteiger partial charge is 0.165 e. The minimum absolute atomic E-state index is 0.00954. The lowest BCUT2D eigenvalue weighted by atomic mass is 9.65. The second-order valence-corrected chi connectivity index (χ2v) is 19.0. The number of fused-ring (bicyclic) bond motifs is 1. The molecule has 0 N–H and O–H groups in total. The van der Waals surface area contributed by atoms with Crippen LogP contribution in [-0.4, -0.2) is 19.9 Å². The third-order valence-electron chi connectivity index (χ3n) is 14.1. The van der Waals surface area contributed by atoms with Crippen LogP contribution in [0.5, 0.6) is 0 Å². The van der Waals surface area contributed by atoms with Gasteiger partial charge in [0.15, 0.2) is 17.5 Å². The van der Waals surface area contributed by atoms with Crippen LogP contribution in [0.25, 0.3) is 112 Å². The Labute approximate surface area is 464 Å². The molecule has 1 aliphatic rings. The maximum absolute atomic E-state index is 9.86. The molecule has 9 aromatic carbocycles. The Bertz CT molecular complexity index is 4210. The lowest BCUT2D eigenvalue weighted by Crippen LogP contribution is -2.33. The van der Waals surface area contributed by atoms with Crippen molar-refractivity contribution in [1.82, 2.24) is 19.9 Å². The average Bonchev–Trinajstić information content (AvgIpc) is 1.47. The monoisotopic (exact) mass is 983 g/mol. The van der Waals surface area contributed by atoms with Gasteiger partial charge in [-0.25, -0.2) is 15.0 Å². The maximum atomic E-state index is 9.86. The summed E-state index contributed by atoms with van der Waals surface area (Å²) in [6.07, 6.45) is 1.48. The first kappa shape index (κ1) is 32.4. The lowest BCUT2D eigenvalue weighted by molar-refractivity contribution is 0.190. The van der Waals surface area contributed by atoms with E-state index in [2.05, 4.69) is 84.9 Å². The predicted molar refractivity (Wildman–Crippen MR) is 312 cm³/mol. The van der Waals surface area contributed by atoms with E-state index in [4.69, 9.17) is 40.5 Å². The quantitative estimate of drug-likeness (QED) is 0.137. The summed E-state index contributed by atoms with van der Waals surface area (Å²) in [5.74, 6) is -3.02. The molecular formula is C71H58N4. The van der Waals surface area contributed by atoms with E-state index in [1.807, 2.05) is 121 Å². The molecule has 2 heterocycles. The molecule has 0 saturated carbocycles. The average molecular weight is 983 g/mol. The molecule has 1 atom stereocenters. The van der Waals surface area contributed by atoms with Crippen molar-refractivity contribution in [2.45, 2.75) is 52.5 Å². The first-order valence-corrected chi connectivity index (χ1v) is 24.7. The van der Waals surface area contributed by atoms with Crippen LogP contribution < -0.4 is 0 Å². The summed E-state index contributed by atoms with van der Waals surface area (Å²) in [5.41, 5.74) is 4.38. The second-order valence-electron chi connectivity index (χ2n) is 19.0. The van der Waals surface area contributed by atoms with Gasteiger partial charge in [-0.1, -0.05) is 204 Å². The third kappa shape index (κ3) is 8.97. The van der Waals surface area contributed by atoms with Crippen LogP contribution in [0.3, 0.4) is 0 Å². The van der Waals surface area contributed by atoms with Crippen molar-refractivity contribution in [3.8, 4) is 112 Å². The van der Waals surface area contributed by atoms with Gasteiger partial charge in [0.2, 0.25) is 0 Å². The minimum atomic E-state index is -4.25. The second kappa shape index (κ2) is 19.2. The topological polar surface area (TPSA) is 51.6 Å². The van der Waals surface area contributed by atoms with Gasteiger partial charge in [0.1, 0.15) is 0 Å². The molecule has 75 heavy (non-hydrogen) atoms. The Morgan fingerprint density at radius 1 is 0.373 bits per heavy atom. The first-order valence-electron chi connectivity index (χ1n) is 32.7. The van der Waals surface area contributed by atoms with Crippen LogP contribution >= 0.6 is 0 Å². The molecule has 0 radical (unpaired) electrons. The normalized spacial score (nSPS) is 19.3. The Morgan fingerprint density at radius 3 is 1.19 bits per heavy atom. The first-order chi connectivity index (χ1) is 43.1. The largest absolute Gasteiger partial charge is 0.255 e. The van der Waals surface area contributed by atoms with E-state index in [0.29, 0.717) is 33.9 Å². The molecule has 0 aliphatic heterocycles. The SMILES string of the molecule is [2H]C([2H])([2H])C1([2H])c2cc(-c3cc(C)c(-c4nc(-c5cccc(-c6cc(-c7ccccc7)cc(-c7ccccc7)c6)c5)nc(-c5cccc(-c6cc(-c7ccccc7)cc(-c7ccccc7)c6)c5)n4)cn3)ccc2C(C([2H])([2H])[2H])(C([2H])([2H])[2H])C1(C([2H])([2H])[2H])C([2H])([2H])[2H]. The van der Waals surface area contributed by atoms with Crippen LogP contribution in [0.4, 0.5) is 0 Å². The molecule has 0 fully saturated rings. The van der Waals surface area contributed by atoms with Gasteiger partial charge in [-0.2, -0.15) is 0 Å². The summed E-state index contributed by atoms with van der Waals surface area (Å²) in [5, 5.41) is 0. The van der Waals surface area contributed by atoms with Gasteiger partial charge < -0.3 is 0 Å². The summed E-state index contributed by atoms with van der Waals surface area (Å²) in [7, 11) is 0. The Balaban J connectivity index is 1.03. The van der Waals surface area contributed by atoms with Gasteiger partial charge in [-0.15, -0.1) is 0 Å². The number of rotatable bonds is 10. The van der Waals surface area contributed by atoms with E-state index in [1.165, 1.54) is 12.3 Å². The highest BCUT2D eigenvalue weighted by molar-refractivity contribution is 5.85. The van der Waals surface area contributed by atoms with E-state index in [9.17, 15) is 1.37 Å². The summed E-state index contributed by atoms with van der Waals surface area (Å²) < 4.78 is 141. The predicted octanol–water partition coefficient (Wildman–Crippen LogP) is 18.7. The molecule has 1 aliphatic carbocycles. The zero-order valence-corrected chi connectivity index (χ0v) is 40.8. The van der Waals surface area contributed by atoms with Gasteiger partial charge in [-0.3, -0.25) is 4.98 Å². The molecule has 2 aromatic heterocycles. The van der Waals surface area contributed by atoms with Gasteiger partial charge >= 0.3 is 0 Å². The Morgan fingerprint density at radius 2 is 0.773 bits per heavy atom. The van der Waals surface area contributed by atoms with Crippen LogP contribution in [0.2, 0.25) is 0 Å². The molecule has 0 spiro atoms. The zero-order chi connectivity index (χ0) is 64.7. The lowest BCUT2D eigenvalue weighted by Gasteiger charge is -2.38. The third-order valence-corrected chi connectivity index (χ3v) is 14.1. The fourth-order valence-electron chi connectivity index (χ4n) is 9.98. The highest BCUT2D eigenvalue weighted by atomic mass is 15.0. The molecule has 362 valence electrons. The molecule has 11 aromatic rings. The Hall–Kier alpha value is -8.86.